The molecule has 27 heavy (non-hydrogen) atoms. The van der Waals surface area contributed by atoms with E-state index in [9.17, 15) is 5.21 Å². The fraction of sp³-hybridized carbons (Fsp3) is 0.579. The Hall–Kier alpha value is -3.20. The van der Waals surface area contributed by atoms with Gasteiger partial charge in [-0.05, 0) is 42.4 Å². The van der Waals surface area contributed by atoms with E-state index in [1.54, 1.807) is 6.92 Å². The van der Waals surface area contributed by atoms with Crippen LogP contribution in [0.5, 0.6) is 0 Å². The summed E-state index contributed by atoms with van der Waals surface area (Å²) in [6.07, 6.45) is 4.82. The van der Waals surface area contributed by atoms with Gasteiger partial charge in [-0.2, -0.15) is 0 Å². The van der Waals surface area contributed by atoms with E-state index < -0.39 is 5.02 Å². The summed E-state index contributed by atoms with van der Waals surface area (Å²) in [5, 5.41) is 24.2. The van der Waals surface area contributed by atoms with Crippen LogP contribution >= 0.6 is 0 Å². The molecule has 0 radical (unpaired) electrons. The fourth-order valence-electron chi connectivity index (χ4n) is 0.264. The van der Waals surface area contributed by atoms with Crippen LogP contribution in [-0.4, -0.2) is 10.3 Å². The summed E-state index contributed by atoms with van der Waals surface area (Å²) in [6.45, 7) is 1.71. The molecule has 0 saturated carbocycles. The van der Waals surface area contributed by atoms with Crippen molar-refractivity contribution in [1.29, 1.82) is 0 Å². The van der Waals surface area contributed by atoms with Gasteiger partial charge >= 0.3 is 0 Å². The Labute approximate surface area is 179 Å². The van der Waals surface area contributed by atoms with E-state index in [0.717, 1.165) is 0 Å². The highest BCUT2D eigenvalue weighted by Gasteiger charge is 1.82. The van der Waals surface area contributed by atoms with E-state index in [4.69, 9.17) is 11.7 Å². The van der Waals surface area contributed by atoms with Crippen molar-refractivity contribution in [3.8, 4) is 47.9 Å². The van der Waals surface area contributed by atoms with Crippen molar-refractivity contribution < 1.29 is 22.4 Å². The molecule has 0 amide bonds. The molecule has 8 heteroatoms. The Balaban J connectivity index is -0.00000000639. The monoisotopic (exact) mass is 403 g/mol. The smallest absolute Gasteiger partial charge is 0.226 e. The lowest BCUT2D eigenvalue weighted by Crippen LogP contribution is -1.95. The zero-order valence-corrected chi connectivity index (χ0v) is 8.71. The second kappa shape index (κ2) is 92.9. The molecular weight excluding hydrogens is 346 g/mol. The standard InChI is InChI=1S/C9H4.10CH4.H3N5O3.5H2/c1-3-5-7-9-8-6-4-2;;;;;;;;;;;1-2-3-4-5(6)8-7;;;;;/h1H,2H3;10*1H4;7H,(H2,1,3);5*1H. The zero-order chi connectivity index (χ0) is 13.4. The molecule has 0 aromatic heterocycles. The van der Waals surface area contributed by atoms with Crippen LogP contribution in [0, 0.1) is 53.1 Å². The highest BCUT2D eigenvalue weighted by molar-refractivity contribution is 5.38. The third kappa shape index (κ3) is 127. The number of nitrogens with zero attached hydrogens (tertiary/aromatic N) is 4. The molecule has 0 atom stereocenters. The minimum Gasteiger partial charge on any atom is -0.337 e. The van der Waals surface area contributed by atoms with Gasteiger partial charge in [-0.25, -0.2) is 0 Å². The number of rotatable bonds is 2. The first kappa shape index (κ1) is 88.9. The van der Waals surface area contributed by atoms with Crippen LogP contribution in [-0.2, 0) is 4.99 Å². The molecule has 176 valence electrons. The lowest BCUT2D eigenvalue weighted by atomic mass is 10.5. The average Bonchev–Trinajstić information content (AvgIpc) is 2.36. The number of nitrogens with two attached hydrogens (primary N) is 1. The lowest BCUT2D eigenvalue weighted by molar-refractivity contribution is -0.873. The highest BCUT2D eigenvalue weighted by atomic mass is 17.2. The maximum Gasteiger partial charge on any atom is 0.226 e. The van der Waals surface area contributed by atoms with Gasteiger partial charge in [-0.1, -0.05) is 80.2 Å². The molecule has 0 rings (SSSR count). The van der Waals surface area contributed by atoms with Crippen molar-refractivity contribution in [3.05, 3.63) is 5.21 Å². The first-order chi connectivity index (χ1) is 8.22. The highest BCUT2D eigenvalue weighted by Crippen LogP contribution is 1.75. The predicted molar refractivity (Wildman–Crippen MR) is 135 cm³/mol. The molecule has 3 N–H and O–H groups in total. The Morgan fingerprint density at radius 1 is 0.889 bits per heavy atom. The number of terminal acetylenes is 1. The molecule has 0 aromatic rings. The normalized spacial score (nSPS) is 4.85. The second-order valence-corrected chi connectivity index (χ2v) is 1.63. The van der Waals surface area contributed by atoms with Crippen molar-refractivity contribution in [2.24, 2.45) is 21.5 Å². The van der Waals surface area contributed by atoms with Crippen LogP contribution in [0.25, 0.3) is 0 Å². The van der Waals surface area contributed by atoms with Gasteiger partial charge in [0.2, 0.25) is 10.4 Å². The Morgan fingerprint density at radius 2 is 1.26 bits per heavy atom. The van der Waals surface area contributed by atoms with E-state index in [2.05, 4.69) is 67.9 Å². The van der Waals surface area contributed by atoms with E-state index in [1.165, 1.54) is 0 Å². The third-order valence-electron chi connectivity index (χ3n) is 0.682. The minimum atomic E-state index is -0.573. The summed E-state index contributed by atoms with van der Waals surface area (Å²) in [4.78, 5) is 2.95. The van der Waals surface area contributed by atoms with Gasteiger partial charge < -0.3 is 10.2 Å². The second-order valence-electron chi connectivity index (χ2n) is 1.63. The largest absolute Gasteiger partial charge is 0.337 e. The molecule has 0 saturated heterocycles. The SMILES string of the molecule is C.C.C.C.C.C.C.C.C.C.C#CC#CC#CC#CC.NN=NN=[N+]([O-])OO.[HH].[HH].[HH].[HH].[HH]. The van der Waals surface area contributed by atoms with Crippen molar-refractivity contribution >= 4 is 0 Å². The third-order valence-corrected chi connectivity index (χ3v) is 0.682. The summed E-state index contributed by atoms with van der Waals surface area (Å²) in [6, 6.07) is 0. The van der Waals surface area contributed by atoms with Crippen molar-refractivity contribution in [3.63, 3.8) is 0 Å². The summed E-state index contributed by atoms with van der Waals surface area (Å²) in [5.41, 5.74) is 0. The molecule has 0 unspecified atom stereocenters. The molecule has 0 heterocycles. The van der Waals surface area contributed by atoms with Gasteiger partial charge in [-0.15, -0.1) is 6.42 Å². The van der Waals surface area contributed by atoms with Crippen LogP contribution in [0.1, 0.15) is 88.3 Å². The molecule has 0 aliphatic rings. The van der Waals surface area contributed by atoms with Gasteiger partial charge in [0.15, 0.2) is 0 Å². The minimum absolute atomic E-state index is 0. The van der Waals surface area contributed by atoms with Crippen LogP contribution in [0.4, 0.5) is 0 Å². The quantitative estimate of drug-likeness (QED) is 0.160. The first-order valence-corrected chi connectivity index (χ1v) is 3.69. The molecule has 0 bridgehead atoms. The summed E-state index contributed by atoms with van der Waals surface area (Å²) < 4.78 is 0. The van der Waals surface area contributed by atoms with Gasteiger partial charge in [0.25, 0.3) is 0 Å². The molecule has 0 aliphatic heterocycles. The van der Waals surface area contributed by atoms with Crippen molar-refractivity contribution in [2.75, 3.05) is 0 Å². The van der Waals surface area contributed by atoms with Crippen LogP contribution < -0.4 is 5.84 Å². The Kier molecular flexibility index (Phi) is 306. The average molecular weight is 404 g/mol. The Morgan fingerprint density at radius 3 is 1.56 bits per heavy atom. The van der Waals surface area contributed by atoms with Crippen LogP contribution in [0.15, 0.2) is 15.7 Å². The zero-order valence-electron chi connectivity index (χ0n) is 8.71. The summed E-state index contributed by atoms with van der Waals surface area (Å²) in [7, 11) is 0. The van der Waals surface area contributed by atoms with E-state index in [-0.39, 0.29) is 81.4 Å². The Bertz CT molecular complexity index is 511. The van der Waals surface area contributed by atoms with Gasteiger partial charge in [0.05, 0.1) is 10.2 Å². The van der Waals surface area contributed by atoms with Gasteiger partial charge in [-0.3, -0.25) is 11.1 Å². The summed E-state index contributed by atoms with van der Waals surface area (Å²) >= 11 is 0. The molecule has 8 nitrogen and oxygen atoms in total. The van der Waals surface area contributed by atoms with E-state index >= 15 is 0 Å². The van der Waals surface area contributed by atoms with E-state index in [1.807, 2.05) is 0 Å². The van der Waals surface area contributed by atoms with E-state index in [0.29, 0.717) is 0 Å². The molecule has 0 spiro atoms. The first-order valence-electron chi connectivity index (χ1n) is 3.69. The van der Waals surface area contributed by atoms with Gasteiger partial charge in [0, 0.05) is 7.13 Å². The van der Waals surface area contributed by atoms with Gasteiger partial charge in [0.1, 0.15) is 0 Å². The van der Waals surface area contributed by atoms with Crippen LogP contribution in [0.2, 0.25) is 0 Å². The molecule has 0 aromatic carbocycles. The topological polar surface area (TPSA) is 119 Å². The molecular formula is C19H57N5O3. The molecule has 0 fully saturated rings. The fourth-order valence-corrected chi connectivity index (χ4v) is 0.264. The maximum absolute atomic E-state index is 9.64. The van der Waals surface area contributed by atoms with Crippen LogP contribution in [0.3, 0.4) is 0 Å². The summed E-state index contributed by atoms with van der Waals surface area (Å²) in [5.74, 6) is 21.4. The molecule has 0 aliphatic carbocycles. The van der Waals surface area contributed by atoms with Crippen molar-refractivity contribution in [1.82, 2.24) is 0 Å². The maximum atomic E-state index is 9.64. The number of hydrogen-bond acceptors (Lipinski definition) is 4. The predicted octanol–water partition coefficient (Wildman–Crippen LogP) is 7.84. The lowest BCUT2D eigenvalue weighted by Gasteiger charge is -1.90. The van der Waals surface area contributed by atoms with Crippen molar-refractivity contribution in [2.45, 2.75) is 81.2 Å². The number of hydrogen-bond donors (Lipinski definition) is 2.